The molecule has 0 atom stereocenters. The second kappa shape index (κ2) is 8.75. The number of hydrogen-bond donors (Lipinski definition) is 3. The first-order chi connectivity index (χ1) is 7.65. The minimum atomic E-state index is 0. The van der Waals surface area contributed by atoms with E-state index in [0.29, 0.717) is 5.69 Å². The summed E-state index contributed by atoms with van der Waals surface area (Å²) in [6, 6.07) is 13.4. The van der Waals surface area contributed by atoms with E-state index in [1.54, 1.807) is 6.07 Å². The molecule has 0 bridgehead atoms. The van der Waals surface area contributed by atoms with Gasteiger partial charge >= 0.3 is 0 Å². The highest BCUT2D eigenvalue weighted by Crippen LogP contribution is 2.19. The first-order valence-corrected chi connectivity index (χ1v) is 5.13. The number of anilines is 3. The lowest BCUT2D eigenvalue weighted by atomic mass is 10.0. The van der Waals surface area contributed by atoms with E-state index in [-0.39, 0.29) is 37.2 Å². The summed E-state index contributed by atoms with van der Waals surface area (Å²) in [7, 11) is 0. The molecule has 0 aliphatic carbocycles. The van der Waals surface area contributed by atoms with Crippen LogP contribution in [0.5, 0.6) is 0 Å². The highest BCUT2D eigenvalue weighted by molar-refractivity contribution is 5.86. The van der Waals surface area contributed by atoms with E-state index in [2.05, 4.69) is 0 Å². The standard InChI is InChI=1S/C13H15N3.3ClH/c14-11-4-1-9(2-5-11)7-10-3-6-12(15)8-13(10)16;;;/h1-6,8H,7,14-16H2;3*1H. The van der Waals surface area contributed by atoms with Crippen molar-refractivity contribution < 1.29 is 0 Å². The van der Waals surface area contributed by atoms with Gasteiger partial charge in [-0.2, -0.15) is 0 Å². The molecule has 6 heteroatoms. The number of rotatable bonds is 2. The Kier molecular flexibility index (Phi) is 9.23. The van der Waals surface area contributed by atoms with Crippen LogP contribution in [0.3, 0.4) is 0 Å². The quantitative estimate of drug-likeness (QED) is 0.742. The molecule has 3 nitrogen and oxygen atoms in total. The highest BCUT2D eigenvalue weighted by atomic mass is 35.5. The van der Waals surface area contributed by atoms with Gasteiger partial charge in [0.15, 0.2) is 0 Å². The molecule has 6 N–H and O–H groups in total. The Morgan fingerprint density at radius 1 is 0.684 bits per heavy atom. The molecule has 106 valence electrons. The lowest BCUT2D eigenvalue weighted by Gasteiger charge is -2.07. The van der Waals surface area contributed by atoms with Crippen LogP contribution in [0.2, 0.25) is 0 Å². The zero-order valence-electron chi connectivity index (χ0n) is 10.2. The van der Waals surface area contributed by atoms with Gasteiger partial charge in [-0.05, 0) is 41.8 Å². The molecule has 19 heavy (non-hydrogen) atoms. The van der Waals surface area contributed by atoms with Crippen molar-refractivity contribution in [1.29, 1.82) is 0 Å². The van der Waals surface area contributed by atoms with Gasteiger partial charge in [0.05, 0.1) is 0 Å². The summed E-state index contributed by atoms with van der Waals surface area (Å²) in [5, 5.41) is 0. The lowest BCUT2D eigenvalue weighted by Crippen LogP contribution is -1.97. The zero-order chi connectivity index (χ0) is 11.5. The Balaban J connectivity index is 0. The van der Waals surface area contributed by atoms with Crippen molar-refractivity contribution in [1.82, 2.24) is 0 Å². The maximum atomic E-state index is 5.89. The first-order valence-electron chi connectivity index (χ1n) is 5.13. The van der Waals surface area contributed by atoms with E-state index in [0.717, 1.165) is 23.4 Å². The SMILES string of the molecule is Cl.Cl.Cl.Nc1ccc(Cc2ccc(N)cc2N)cc1. The molecule has 2 aromatic rings. The third-order valence-electron chi connectivity index (χ3n) is 2.54. The van der Waals surface area contributed by atoms with Gasteiger partial charge in [-0.25, -0.2) is 0 Å². The smallest absolute Gasteiger partial charge is 0.0370 e. The first kappa shape index (κ1) is 20.0. The average molecular weight is 323 g/mol. The molecule has 0 aromatic heterocycles. The molecule has 0 saturated carbocycles. The lowest BCUT2D eigenvalue weighted by molar-refractivity contribution is 1.20. The zero-order valence-corrected chi connectivity index (χ0v) is 12.7. The van der Waals surface area contributed by atoms with Gasteiger partial charge in [0.2, 0.25) is 0 Å². The van der Waals surface area contributed by atoms with Gasteiger partial charge < -0.3 is 17.2 Å². The van der Waals surface area contributed by atoms with E-state index >= 15 is 0 Å². The summed E-state index contributed by atoms with van der Waals surface area (Å²) in [5.74, 6) is 0. The second-order valence-electron chi connectivity index (χ2n) is 3.88. The van der Waals surface area contributed by atoms with Gasteiger partial charge in [-0.3, -0.25) is 0 Å². The molecular weight excluding hydrogens is 305 g/mol. The Bertz CT molecular complexity index is 501. The van der Waals surface area contributed by atoms with Gasteiger partial charge in [0.25, 0.3) is 0 Å². The van der Waals surface area contributed by atoms with Crippen LogP contribution in [-0.4, -0.2) is 0 Å². The van der Waals surface area contributed by atoms with E-state index in [1.807, 2.05) is 36.4 Å². The molecule has 0 heterocycles. The normalized spacial score (nSPS) is 8.63. The summed E-state index contributed by atoms with van der Waals surface area (Å²) in [4.78, 5) is 0. The molecule has 0 unspecified atom stereocenters. The Hall–Kier alpha value is -1.29. The number of nitrogen functional groups attached to an aromatic ring is 3. The fourth-order valence-electron chi connectivity index (χ4n) is 1.63. The number of hydrogen-bond acceptors (Lipinski definition) is 3. The molecular formula is C13H18Cl3N3. The van der Waals surface area contributed by atoms with Gasteiger partial charge in [0.1, 0.15) is 0 Å². The molecule has 2 rings (SSSR count). The predicted molar refractivity (Wildman–Crippen MR) is 90.7 cm³/mol. The van der Waals surface area contributed by atoms with Crippen molar-refractivity contribution in [3.8, 4) is 0 Å². The van der Waals surface area contributed by atoms with Crippen LogP contribution < -0.4 is 17.2 Å². The highest BCUT2D eigenvalue weighted by Gasteiger charge is 2.01. The maximum Gasteiger partial charge on any atom is 0.0370 e. The van der Waals surface area contributed by atoms with Crippen molar-refractivity contribution in [3.63, 3.8) is 0 Å². The maximum absolute atomic E-state index is 5.89. The molecule has 0 aliphatic heterocycles. The van der Waals surface area contributed by atoms with Crippen LogP contribution in [0.4, 0.5) is 17.1 Å². The third kappa shape index (κ3) is 5.47. The molecule has 0 fully saturated rings. The van der Waals surface area contributed by atoms with Crippen LogP contribution in [0.25, 0.3) is 0 Å². The van der Waals surface area contributed by atoms with Crippen molar-refractivity contribution >= 4 is 54.3 Å². The van der Waals surface area contributed by atoms with Gasteiger partial charge in [0, 0.05) is 17.1 Å². The van der Waals surface area contributed by atoms with Gasteiger partial charge in [-0.15, -0.1) is 37.2 Å². The van der Waals surface area contributed by atoms with Crippen LogP contribution in [0.1, 0.15) is 11.1 Å². The van der Waals surface area contributed by atoms with Crippen molar-refractivity contribution in [2.45, 2.75) is 6.42 Å². The molecule has 0 aliphatic rings. The Morgan fingerprint density at radius 2 is 1.21 bits per heavy atom. The van der Waals surface area contributed by atoms with Crippen molar-refractivity contribution in [2.24, 2.45) is 0 Å². The molecule has 0 saturated heterocycles. The van der Waals surface area contributed by atoms with E-state index in [9.17, 15) is 0 Å². The molecule has 0 radical (unpaired) electrons. The number of benzene rings is 2. The van der Waals surface area contributed by atoms with Gasteiger partial charge in [-0.1, -0.05) is 18.2 Å². The monoisotopic (exact) mass is 321 g/mol. The topological polar surface area (TPSA) is 78.1 Å². The summed E-state index contributed by atoms with van der Waals surface area (Å²) in [5.41, 5.74) is 21.6. The van der Waals surface area contributed by atoms with E-state index < -0.39 is 0 Å². The largest absolute Gasteiger partial charge is 0.399 e. The van der Waals surface area contributed by atoms with Crippen LogP contribution in [-0.2, 0) is 6.42 Å². The van der Waals surface area contributed by atoms with Crippen LogP contribution in [0.15, 0.2) is 42.5 Å². The van der Waals surface area contributed by atoms with E-state index in [4.69, 9.17) is 17.2 Å². The molecule has 0 amide bonds. The second-order valence-corrected chi connectivity index (χ2v) is 3.88. The number of nitrogens with two attached hydrogens (primary N) is 3. The van der Waals surface area contributed by atoms with Crippen LogP contribution >= 0.6 is 37.2 Å². The third-order valence-corrected chi connectivity index (χ3v) is 2.54. The predicted octanol–water partition coefficient (Wildman–Crippen LogP) is 3.29. The summed E-state index contributed by atoms with van der Waals surface area (Å²) >= 11 is 0. The minimum absolute atomic E-state index is 0. The van der Waals surface area contributed by atoms with Crippen LogP contribution in [0, 0.1) is 0 Å². The Morgan fingerprint density at radius 3 is 1.74 bits per heavy atom. The summed E-state index contributed by atoms with van der Waals surface area (Å²) in [6.45, 7) is 0. The summed E-state index contributed by atoms with van der Waals surface area (Å²) in [6.07, 6.45) is 0.798. The number of halogens is 3. The van der Waals surface area contributed by atoms with E-state index in [1.165, 1.54) is 5.56 Å². The average Bonchev–Trinajstić information content (AvgIpc) is 2.25. The fourth-order valence-corrected chi connectivity index (χ4v) is 1.63. The molecule has 2 aromatic carbocycles. The molecule has 0 spiro atoms. The summed E-state index contributed by atoms with van der Waals surface area (Å²) < 4.78 is 0. The Labute approximate surface area is 131 Å². The van der Waals surface area contributed by atoms with Crippen molar-refractivity contribution in [3.05, 3.63) is 53.6 Å². The van der Waals surface area contributed by atoms with Crippen molar-refractivity contribution in [2.75, 3.05) is 17.2 Å². The minimum Gasteiger partial charge on any atom is -0.399 e. The fraction of sp³-hybridized carbons (Fsp3) is 0.0769.